The van der Waals surface area contributed by atoms with Gasteiger partial charge in [-0.25, -0.2) is 0 Å². The number of ketones is 1. The summed E-state index contributed by atoms with van der Waals surface area (Å²) < 4.78 is 10.6. The molecule has 1 aromatic rings. The molecule has 0 radical (unpaired) electrons. The lowest BCUT2D eigenvalue weighted by Crippen LogP contribution is -2.11. The van der Waals surface area contributed by atoms with E-state index in [0.717, 1.165) is 6.42 Å². The molecule has 0 aliphatic carbocycles. The maximum Gasteiger partial charge on any atom is 0.192 e. The zero-order chi connectivity index (χ0) is 11.8. The molecule has 0 atom stereocenters. The molecule has 0 saturated carbocycles. The number of ether oxygens (including phenoxy) is 2. The molecule has 3 heteroatoms. The van der Waals surface area contributed by atoms with Gasteiger partial charge < -0.3 is 9.47 Å². The van der Waals surface area contributed by atoms with Crippen molar-refractivity contribution >= 4 is 5.78 Å². The predicted octanol–water partition coefficient (Wildman–Crippen LogP) is 2.69. The van der Waals surface area contributed by atoms with Gasteiger partial charge in [0.05, 0.1) is 12.2 Å². The molecule has 88 valence electrons. The normalized spacial score (nSPS) is 10.1. The summed E-state index contributed by atoms with van der Waals surface area (Å²) in [6.45, 7) is 5.18. The summed E-state index contributed by atoms with van der Waals surface area (Å²) in [5.74, 6) is 0.614. The van der Waals surface area contributed by atoms with E-state index in [-0.39, 0.29) is 12.4 Å². The maximum atomic E-state index is 11.8. The molecule has 0 saturated heterocycles. The van der Waals surface area contributed by atoms with Crippen LogP contribution in [0.5, 0.6) is 5.75 Å². The van der Waals surface area contributed by atoms with E-state index in [4.69, 9.17) is 9.47 Å². The first-order chi connectivity index (χ1) is 7.79. The highest BCUT2D eigenvalue weighted by molar-refractivity contribution is 5.99. The van der Waals surface area contributed by atoms with Crippen LogP contribution in [0.25, 0.3) is 0 Å². The van der Waals surface area contributed by atoms with Crippen molar-refractivity contribution in [3.63, 3.8) is 0 Å². The van der Waals surface area contributed by atoms with Crippen LogP contribution < -0.4 is 4.74 Å². The SMILES string of the molecule is CCCOc1ccccc1C(=O)COCC. The quantitative estimate of drug-likeness (QED) is 0.665. The fourth-order valence-corrected chi connectivity index (χ4v) is 1.31. The van der Waals surface area contributed by atoms with Crippen LogP contribution in [0.4, 0.5) is 0 Å². The second kappa shape index (κ2) is 7.01. The van der Waals surface area contributed by atoms with E-state index in [1.807, 2.05) is 32.0 Å². The monoisotopic (exact) mass is 222 g/mol. The summed E-state index contributed by atoms with van der Waals surface area (Å²) in [5.41, 5.74) is 0.601. The first kappa shape index (κ1) is 12.7. The Kier molecular flexibility index (Phi) is 5.57. The van der Waals surface area contributed by atoms with Crippen LogP contribution in [0.3, 0.4) is 0 Å². The summed E-state index contributed by atoms with van der Waals surface area (Å²) in [6.07, 6.45) is 0.925. The third-order valence-corrected chi connectivity index (χ3v) is 2.09. The van der Waals surface area contributed by atoms with Gasteiger partial charge in [-0.15, -0.1) is 0 Å². The van der Waals surface area contributed by atoms with Gasteiger partial charge in [0.1, 0.15) is 12.4 Å². The number of carbonyl (C=O) groups is 1. The molecule has 1 aromatic carbocycles. The highest BCUT2D eigenvalue weighted by Gasteiger charge is 2.11. The lowest BCUT2D eigenvalue weighted by molar-refractivity contribution is 0.0779. The molecule has 3 nitrogen and oxygen atoms in total. The molecule has 0 amide bonds. The second-order valence-electron chi connectivity index (χ2n) is 3.40. The van der Waals surface area contributed by atoms with Crippen LogP contribution in [0, 0.1) is 0 Å². The minimum absolute atomic E-state index is 0.0337. The minimum Gasteiger partial charge on any atom is -0.493 e. The van der Waals surface area contributed by atoms with Crippen molar-refractivity contribution in [3.8, 4) is 5.75 Å². The largest absolute Gasteiger partial charge is 0.493 e. The number of rotatable bonds is 7. The predicted molar refractivity (Wildman–Crippen MR) is 63.1 cm³/mol. The van der Waals surface area contributed by atoms with E-state index in [9.17, 15) is 4.79 Å². The van der Waals surface area contributed by atoms with Gasteiger partial charge in [0.25, 0.3) is 0 Å². The Bertz CT molecular complexity index is 334. The molecule has 16 heavy (non-hydrogen) atoms. The number of hydrogen-bond acceptors (Lipinski definition) is 3. The second-order valence-corrected chi connectivity index (χ2v) is 3.40. The van der Waals surface area contributed by atoms with Gasteiger partial charge in [-0.2, -0.15) is 0 Å². The van der Waals surface area contributed by atoms with Crippen LogP contribution in [0.1, 0.15) is 30.6 Å². The van der Waals surface area contributed by atoms with Gasteiger partial charge in [-0.1, -0.05) is 19.1 Å². The van der Waals surface area contributed by atoms with Crippen molar-refractivity contribution in [2.75, 3.05) is 19.8 Å². The van der Waals surface area contributed by atoms with Gasteiger partial charge in [0.2, 0.25) is 0 Å². The Morgan fingerprint density at radius 3 is 2.69 bits per heavy atom. The van der Waals surface area contributed by atoms with Gasteiger partial charge in [-0.05, 0) is 25.5 Å². The highest BCUT2D eigenvalue weighted by Crippen LogP contribution is 2.18. The molecule has 1 rings (SSSR count). The number of Topliss-reactive ketones (excluding diaryl/α,β-unsaturated/α-hetero) is 1. The molecule has 0 aliphatic rings. The van der Waals surface area contributed by atoms with Gasteiger partial charge in [-0.3, -0.25) is 4.79 Å². The molecule has 0 heterocycles. The Morgan fingerprint density at radius 1 is 1.25 bits per heavy atom. The number of carbonyl (C=O) groups excluding carboxylic acids is 1. The number of benzene rings is 1. The van der Waals surface area contributed by atoms with Crippen LogP contribution in [0.2, 0.25) is 0 Å². The van der Waals surface area contributed by atoms with E-state index < -0.39 is 0 Å². The summed E-state index contributed by atoms with van der Waals surface area (Å²) in [7, 11) is 0. The Labute approximate surface area is 96.4 Å². The van der Waals surface area contributed by atoms with E-state index in [1.54, 1.807) is 6.07 Å². The standard InChI is InChI=1S/C13H18O3/c1-3-9-16-13-8-6-5-7-11(13)12(14)10-15-4-2/h5-8H,3-4,9-10H2,1-2H3. The van der Waals surface area contributed by atoms with Crippen molar-refractivity contribution in [3.05, 3.63) is 29.8 Å². The van der Waals surface area contributed by atoms with Crippen molar-refractivity contribution < 1.29 is 14.3 Å². The summed E-state index contributed by atoms with van der Waals surface area (Å²) >= 11 is 0. The molecule has 0 aliphatic heterocycles. The van der Waals surface area contributed by atoms with Crippen molar-refractivity contribution in [1.82, 2.24) is 0 Å². The third-order valence-electron chi connectivity index (χ3n) is 2.09. The Balaban J connectivity index is 2.73. The average molecular weight is 222 g/mol. The fraction of sp³-hybridized carbons (Fsp3) is 0.462. The molecule has 0 N–H and O–H groups in total. The topological polar surface area (TPSA) is 35.5 Å². The zero-order valence-corrected chi connectivity index (χ0v) is 9.86. The Hall–Kier alpha value is -1.35. The molecule has 0 bridgehead atoms. The van der Waals surface area contributed by atoms with Crippen molar-refractivity contribution in [2.24, 2.45) is 0 Å². The summed E-state index contributed by atoms with van der Waals surface area (Å²) in [5, 5.41) is 0. The first-order valence-corrected chi connectivity index (χ1v) is 5.62. The molecule has 0 spiro atoms. The zero-order valence-electron chi connectivity index (χ0n) is 9.86. The highest BCUT2D eigenvalue weighted by atomic mass is 16.5. The molecular formula is C13H18O3. The number of para-hydroxylation sites is 1. The third kappa shape index (κ3) is 3.66. The van der Waals surface area contributed by atoms with Gasteiger partial charge >= 0.3 is 0 Å². The van der Waals surface area contributed by atoms with Crippen LogP contribution >= 0.6 is 0 Å². The van der Waals surface area contributed by atoms with Crippen LogP contribution in [0.15, 0.2) is 24.3 Å². The summed E-state index contributed by atoms with van der Waals surface area (Å²) in [6, 6.07) is 7.28. The van der Waals surface area contributed by atoms with E-state index in [1.165, 1.54) is 0 Å². The van der Waals surface area contributed by atoms with Crippen LogP contribution in [-0.2, 0) is 4.74 Å². The minimum atomic E-state index is -0.0337. The molecule has 0 unspecified atom stereocenters. The van der Waals surface area contributed by atoms with Crippen LogP contribution in [-0.4, -0.2) is 25.6 Å². The average Bonchev–Trinajstić information content (AvgIpc) is 2.33. The first-order valence-electron chi connectivity index (χ1n) is 5.62. The molecule has 0 aromatic heterocycles. The smallest absolute Gasteiger partial charge is 0.192 e. The lowest BCUT2D eigenvalue weighted by atomic mass is 10.1. The van der Waals surface area contributed by atoms with E-state index in [2.05, 4.69) is 0 Å². The molecule has 0 fully saturated rings. The van der Waals surface area contributed by atoms with E-state index >= 15 is 0 Å². The summed E-state index contributed by atoms with van der Waals surface area (Å²) in [4.78, 5) is 11.8. The van der Waals surface area contributed by atoms with Gasteiger partial charge in [0.15, 0.2) is 5.78 Å². The van der Waals surface area contributed by atoms with Crippen molar-refractivity contribution in [1.29, 1.82) is 0 Å². The fourth-order valence-electron chi connectivity index (χ4n) is 1.31. The molecular weight excluding hydrogens is 204 g/mol. The Morgan fingerprint density at radius 2 is 2.00 bits per heavy atom. The van der Waals surface area contributed by atoms with Gasteiger partial charge in [0, 0.05) is 6.61 Å². The van der Waals surface area contributed by atoms with E-state index in [0.29, 0.717) is 24.5 Å². The lowest BCUT2D eigenvalue weighted by Gasteiger charge is -2.09. The number of hydrogen-bond donors (Lipinski definition) is 0. The maximum absolute atomic E-state index is 11.8. The van der Waals surface area contributed by atoms with Crippen molar-refractivity contribution in [2.45, 2.75) is 20.3 Å².